The molecule has 0 radical (unpaired) electrons. The number of para-hydroxylation sites is 1. The van der Waals surface area contributed by atoms with E-state index in [1.54, 1.807) is 18.2 Å². The van der Waals surface area contributed by atoms with E-state index in [-0.39, 0.29) is 29.6 Å². The summed E-state index contributed by atoms with van der Waals surface area (Å²) in [6, 6.07) is 5.23. The van der Waals surface area contributed by atoms with Crippen LogP contribution in [0.1, 0.15) is 20.3 Å². The van der Waals surface area contributed by atoms with Gasteiger partial charge in [0.15, 0.2) is 5.75 Å². The van der Waals surface area contributed by atoms with Crippen LogP contribution in [0.25, 0.3) is 0 Å². The van der Waals surface area contributed by atoms with Gasteiger partial charge in [0.25, 0.3) is 0 Å². The highest BCUT2D eigenvalue weighted by molar-refractivity contribution is 5.69. The van der Waals surface area contributed by atoms with Crippen molar-refractivity contribution in [2.75, 3.05) is 5.32 Å². The lowest BCUT2D eigenvalue weighted by Gasteiger charge is -2.13. The number of hydrogen-bond donors (Lipinski definition) is 2. The Kier molecular flexibility index (Phi) is 3.38. The average Bonchev–Trinajstić information content (AvgIpc) is 2.93. The molecule has 6 nitrogen and oxygen atoms in total. The summed E-state index contributed by atoms with van der Waals surface area (Å²) >= 11 is 0. The van der Waals surface area contributed by atoms with Gasteiger partial charge in [-0.25, -0.2) is 0 Å². The molecule has 0 heterocycles. The molecule has 18 heavy (non-hydrogen) atoms. The van der Waals surface area contributed by atoms with E-state index >= 15 is 0 Å². The number of nitro benzene ring substituents is 1. The predicted octanol–water partition coefficient (Wildman–Crippen LogP) is 1.89. The molecule has 1 aromatic carbocycles. The van der Waals surface area contributed by atoms with Gasteiger partial charge in [-0.15, -0.1) is 0 Å². The molecule has 0 spiro atoms. The Morgan fingerprint density at radius 3 is 2.72 bits per heavy atom. The molecule has 2 unspecified atom stereocenters. The van der Waals surface area contributed by atoms with Crippen LogP contribution < -0.4 is 15.8 Å². The van der Waals surface area contributed by atoms with Gasteiger partial charge in [0, 0.05) is 12.1 Å². The second kappa shape index (κ2) is 4.81. The molecule has 2 rings (SSSR count). The number of rotatable bonds is 5. The van der Waals surface area contributed by atoms with Crippen molar-refractivity contribution in [1.82, 2.24) is 0 Å². The Bertz CT molecular complexity index is 462. The minimum atomic E-state index is -0.423. The van der Waals surface area contributed by atoms with Crippen LogP contribution in [0.2, 0.25) is 0 Å². The molecule has 1 aromatic rings. The second-order valence-corrected chi connectivity index (χ2v) is 4.73. The highest BCUT2D eigenvalue weighted by Gasteiger charge is 2.35. The van der Waals surface area contributed by atoms with Gasteiger partial charge in [-0.1, -0.05) is 6.07 Å². The second-order valence-electron chi connectivity index (χ2n) is 4.73. The minimum Gasteiger partial charge on any atom is -0.484 e. The quantitative estimate of drug-likeness (QED) is 0.616. The van der Waals surface area contributed by atoms with Crippen LogP contribution >= 0.6 is 0 Å². The number of nitrogens with two attached hydrogens (primary N) is 1. The first kappa shape index (κ1) is 12.6. The third-order valence-corrected chi connectivity index (χ3v) is 2.72. The van der Waals surface area contributed by atoms with Crippen molar-refractivity contribution < 1.29 is 9.66 Å². The molecule has 2 atom stereocenters. The van der Waals surface area contributed by atoms with Crippen LogP contribution in [0.15, 0.2) is 18.2 Å². The number of nitrogens with zero attached hydrogens (tertiary/aromatic N) is 1. The van der Waals surface area contributed by atoms with Crippen LogP contribution in [0.4, 0.5) is 11.4 Å². The van der Waals surface area contributed by atoms with Crippen LogP contribution in [-0.4, -0.2) is 23.1 Å². The molecule has 3 N–H and O–H groups in total. The van der Waals surface area contributed by atoms with E-state index in [0.29, 0.717) is 5.69 Å². The third kappa shape index (κ3) is 2.70. The van der Waals surface area contributed by atoms with Crippen LogP contribution in [0.5, 0.6) is 5.75 Å². The molecule has 0 aliphatic heterocycles. The van der Waals surface area contributed by atoms with Gasteiger partial charge in [-0.05, 0) is 32.4 Å². The summed E-state index contributed by atoms with van der Waals surface area (Å²) in [6.45, 7) is 3.67. The Labute approximate surface area is 105 Å². The number of anilines is 1. The molecule has 0 aromatic heterocycles. The van der Waals surface area contributed by atoms with Gasteiger partial charge in [0.1, 0.15) is 5.69 Å². The molecule has 1 fully saturated rings. The number of ether oxygens (including phenoxy) is 1. The van der Waals surface area contributed by atoms with E-state index in [2.05, 4.69) is 5.32 Å². The Balaban J connectivity index is 2.29. The average molecular weight is 251 g/mol. The first-order valence-corrected chi connectivity index (χ1v) is 5.95. The minimum absolute atomic E-state index is 0.0229. The summed E-state index contributed by atoms with van der Waals surface area (Å²) in [4.78, 5) is 10.7. The van der Waals surface area contributed by atoms with E-state index in [0.717, 1.165) is 6.42 Å². The molecule has 0 amide bonds. The summed E-state index contributed by atoms with van der Waals surface area (Å²) in [7, 11) is 0. The molecule has 1 aliphatic rings. The van der Waals surface area contributed by atoms with Crippen molar-refractivity contribution in [2.24, 2.45) is 5.73 Å². The van der Waals surface area contributed by atoms with Crippen molar-refractivity contribution in [2.45, 2.75) is 38.5 Å². The smallest absolute Gasteiger partial charge is 0.333 e. The lowest BCUT2D eigenvalue weighted by Crippen LogP contribution is -2.15. The van der Waals surface area contributed by atoms with Crippen molar-refractivity contribution >= 4 is 11.4 Å². The molecule has 1 aliphatic carbocycles. The SMILES string of the molecule is CC(C)Oc1cccc(NC2CC2N)c1[N+](=O)[O-]. The maximum Gasteiger partial charge on any atom is 0.333 e. The Morgan fingerprint density at radius 2 is 2.22 bits per heavy atom. The lowest BCUT2D eigenvalue weighted by atomic mass is 10.2. The first-order chi connectivity index (χ1) is 8.49. The molecular formula is C12H17N3O3. The summed E-state index contributed by atoms with van der Waals surface area (Å²) in [5.41, 5.74) is 6.14. The van der Waals surface area contributed by atoms with Gasteiger partial charge in [0.05, 0.1) is 11.0 Å². The summed E-state index contributed by atoms with van der Waals surface area (Å²) in [6.07, 6.45) is 0.731. The van der Waals surface area contributed by atoms with E-state index in [1.807, 2.05) is 13.8 Å². The molecule has 0 saturated heterocycles. The molecule has 6 heteroatoms. The number of nitro groups is 1. The van der Waals surface area contributed by atoms with Crippen molar-refractivity contribution in [3.63, 3.8) is 0 Å². The summed E-state index contributed by atoms with van der Waals surface area (Å²) in [5, 5.41) is 14.2. The lowest BCUT2D eigenvalue weighted by molar-refractivity contribution is -0.385. The molecule has 1 saturated carbocycles. The largest absolute Gasteiger partial charge is 0.484 e. The van der Waals surface area contributed by atoms with Crippen molar-refractivity contribution in [1.29, 1.82) is 0 Å². The van der Waals surface area contributed by atoms with E-state index < -0.39 is 4.92 Å². The molecule has 0 bridgehead atoms. The van der Waals surface area contributed by atoms with E-state index in [9.17, 15) is 10.1 Å². The third-order valence-electron chi connectivity index (χ3n) is 2.72. The fourth-order valence-corrected chi connectivity index (χ4v) is 1.76. The van der Waals surface area contributed by atoms with Crippen LogP contribution in [0, 0.1) is 10.1 Å². The van der Waals surface area contributed by atoms with Gasteiger partial charge in [0.2, 0.25) is 0 Å². The van der Waals surface area contributed by atoms with Crippen molar-refractivity contribution in [3.05, 3.63) is 28.3 Å². The van der Waals surface area contributed by atoms with E-state index in [1.165, 1.54) is 0 Å². The van der Waals surface area contributed by atoms with Gasteiger partial charge in [-0.2, -0.15) is 0 Å². The molecular weight excluding hydrogens is 234 g/mol. The van der Waals surface area contributed by atoms with Gasteiger partial charge < -0.3 is 15.8 Å². The van der Waals surface area contributed by atoms with Gasteiger partial charge >= 0.3 is 5.69 Å². The zero-order chi connectivity index (χ0) is 13.3. The Morgan fingerprint density at radius 1 is 1.56 bits per heavy atom. The zero-order valence-electron chi connectivity index (χ0n) is 10.4. The maximum atomic E-state index is 11.2. The normalized spacial score (nSPS) is 21.8. The predicted molar refractivity (Wildman–Crippen MR) is 68.9 cm³/mol. The Hall–Kier alpha value is -1.82. The fourth-order valence-electron chi connectivity index (χ4n) is 1.76. The maximum absolute atomic E-state index is 11.2. The monoisotopic (exact) mass is 251 g/mol. The zero-order valence-corrected chi connectivity index (χ0v) is 10.4. The van der Waals surface area contributed by atoms with Gasteiger partial charge in [-0.3, -0.25) is 10.1 Å². The van der Waals surface area contributed by atoms with Crippen molar-refractivity contribution in [3.8, 4) is 5.75 Å². The first-order valence-electron chi connectivity index (χ1n) is 5.95. The fraction of sp³-hybridized carbons (Fsp3) is 0.500. The summed E-state index contributed by atoms with van der Waals surface area (Å²) in [5.74, 6) is 0.286. The number of benzene rings is 1. The molecule has 98 valence electrons. The summed E-state index contributed by atoms with van der Waals surface area (Å²) < 4.78 is 5.46. The van der Waals surface area contributed by atoms with Crippen LogP contribution in [0.3, 0.4) is 0 Å². The standard InChI is InChI=1S/C12H17N3O3/c1-7(2)18-11-5-3-4-9(12(11)15(16)17)14-10-6-8(10)13/h3-5,7-8,10,14H,6,13H2,1-2H3. The number of nitrogens with one attached hydrogen (secondary N) is 1. The topological polar surface area (TPSA) is 90.4 Å². The number of hydrogen-bond acceptors (Lipinski definition) is 5. The highest BCUT2D eigenvalue weighted by Crippen LogP contribution is 2.37. The van der Waals surface area contributed by atoms with Crippen LogP contribution in [-0.2, 0) is 0 Å². The highest BCUT2D eigenvalue weighted by atomic mass is 16.6. The van der Waals surface area contributed by atoms with E-state index in [4.69, 9.17) is 10.5 Å².